The van der Waals surface area contributed by atoms with Gasteiger partial charge in [-0.15, -0.1) is 0 Å². The van der Waals surface area contributed by atoms with Gasteiger partial charge in [-0.05, 0) is 37.5 Å². The van der Waals surface area contributed by atoms with E-state index >= 15 is 0 Å². The van der Waals surface area contributed by atoms with Crippen molar-refractivity contribution in [3.05, 3.63) is 41.5 Å². The Balaban J connectivity index is 1.42. The molecule has 1 saturated heterocycles. The van der Waals surface area contributed by atoms with E-state index in [0.717, 1.165) is 51.3 Å². The monoisotopic (exact) mass is 372 g/mol. The van der Waals surface area contributed by atoms with E-state index in [1.54, 1.807) is 14.0 Å². The molecule has 0 radical (unpaired) electrons. The molecule has 7 heteroatoms. The molecule has 1 amide bonds. The lowest BCUT2D eigenvalue weighted by molar-refractivity contribution is -0.131. The van der Waals surface area contributed by atoms with Gasteiger partial charge in [-0.25, -0.2) is 0 Å². The van der Waals surface area contributed by atoms with Gasteiger partial charge >= 0.3 is 0 Å². The van der Waals surface area contributed by atoms with E-state index in [9.17, 15) is 4.79 Å². The lowest BCUT2D eigenvalue weighted by atomic mass is 10.2. The van der Waals surface area contributed by atoms with Gasteiger partial charge < -0.3 is 14.2 Å². The van der Waals surface area contributed by atoms with Crippen LogP contribution in [0, 0.1) is 6.92 Å². The van der Waals surface area contributed by atoms with Crippen LogP contribution < -0.4 is 4.74 Å². The maximum atomic E-state index is 12.5. The molecular formula is C20H28N4O3. The van der Waals surface area contributed by atoms with Gasteiger partial charge in [0, 0.05) is 45.6 Å². The Labute approximate surface area is 160 Å². The molecule has 0 unspecified atom stereocenters. The average molecular weight is 372 g/mol. The van der Waals surface area contributed by atoms with Crippen molar-refractivity contribution in [2.24, 2.45) is 0 Å². The molecule has 7 nitrogen and oxygen atoms in total. The van der Waals surface area contributed by atoms with Gasteiger partial charge in [0.05, 0.1) is 7.11 Å². The van der Waals surface area contributed by atoms with Crippen LogP contribution in [0.25, 0.3) is 0 Å². The van der Waals surface area contributed by atoms with Crippen molar-refractivity contribution in [3.63, 3.8) is 0 Å². The van der Waals surface area contributed by atoms with Gasteiger partial charge in [-0.2, -0.15) is 4.98 Å². The van der Waals surface area contributed by atoms with E-state index in [1.165, 1.54) is 5.56 Å². The molecule has 0 N–H and O–H groups in total. The van der Waals surface area contributed by atoms with Gasteiger partial charge in [0.2, 0.25) is 11.8 Å². The summed E-state index contributed by atoms with van der Waals surface area (Å²) < 4.78 is 10.3. The number of aryl methyl sites for hydroxylation is 2. The SMILES string of the molecule is COc1ccc(CN2CCCN(C(=O)CCCc3nc(C)no3)CC2)cc1. The highest BCUT2D eigenvalue weighted by atomic mass is 16.5. The Kier molecular flexibility index (Phi) is 6.81. The number of carbonyl (C=O) groups is 1. The van der Waals surface area contributed by atoms with Crippen molar-refractivity contribution in [3.8, 4) is 5.75 Å². The highest BCUT2D eigenvalue weighted by molar-refractivity contribution is 5.76. The summed E-state index contributed by atoms with van der Waals surface area (Å²) in [6.07, 6.45) is 2.93. The molecule has 27 heavy (non-hydrogen) atoms. The zero-order valence-corrected chi connectivity index (χ0v) is 16.2. The third-order valence-electron chi connectivity index (χ3n) is 4.86. The number of aromatic nitrogens is 2. The number of hydrogen-bond acceptors (Lipinski definition) is 6. The third-order valence-corrected chi connectivity index (χ3v) is 4.86. The number of ether oxygens (including phenoxy) is 1. The van der Waals surface area contributed by atoms with Crippen molar-refractivity contribution in [2.45, 2.75) is 39.2 Å². The quantitative estimate of drug-likeness (QED) is 0.743. The number of benzene rings is 1. The van der Waals surface area contributed by atoms with Crippen LogP contribution in [0.1, 0.15) is 36.5 Å². The molecule has 1 aromatic heterocycles. The fourth-order valence-corrected chi connectivity index (χ4v) is 3.36. The summed E-state index contributed by atoms with van der Waals surface area (Å²) in [6, 6.07) is 8.19. The molecule has 2 aromatic rings. The maximum absolute atomic E-state index is 12.5. The number of amides is 1. The van der Waals surface area contributed by atoms with Crippen molar-refractivity contribution in [2.75, 3.05) is 33.3 Å². The van der Waals surface area contributed by atoms with Crippen LogP contribution in [0.3, 0.4) is 0 Å². The molecule has 1 fully saturated rings. The molecule has 0 spiro atoms. The molecule has 146 valence electrons. The summed E-state index contributed by atoms with van der Waals surface area (Å²) in [6.45, 7) is 6.24. The molecule has 3 rings (SSSR count). The minimum atomic E-state index is 0.220. The third kappa shape index (κ3) is 5.79. The second kappa shape index (κ2) is 9.50. The normalized spacial score (nSPS) is 15.6. The van der Waals surface area contributed by atoms with E-state index in [0.29, 0.717) is 24.6 Å². The van der Waals surface area contributed by atoms with Crippen LogP contribution in [0.15, 0.2) is 28.8 Å². The standard InChI is InChI=1S/C20H28N4O3/c1-16-21-19(27-22-16)5-3-6-20(25)24-12-4-11-23(13-14-24)15-17-7-9-18(26-2)10-8-17/h7-10H,3-6,11-15H2,1-2H3. The minimum Gasteiger partial charge on any atom is -0.497 e. The fraction of sp³-hybridized carbons (Fsp3) is 0.550. The van der Waals surface area contributed by atoms with Crippen molar-refractivity contribution >= 4 is 5.91 Å². The maximum Gasteiger partial charge on any atom is 0.226 e. The molecule has 1 aromatic carbocycles. The average Bonchev–Trinajstić information content (AvgIpc) is 2.95. The van der Waals surface area contributed by atoms with E-state index in [1.807, 2.05) is 17.0 Å². The Morgan fingerprint density at radius 3 is 2.70 bits per heavy atom. The second-order valence-electron chi connectivity index (χ2n) is 6.95. The lowest BCUT2D eigenvalue weighted by Gasteiger charge is -2.22. The number of carbonyl (C=O) groups excluding carboxylic acids is 1. The lowest BCUT2D eigenvalue weighted by Crippen LogP contribution is -2.35. The predicted molar refractivity (Wildman–Crippen MR) is 101 cm³/mol. The molecule has 1 aliphatic rings. The number of methoxy groups -OCH3 is 1. The van der Waals surface area contributed by atoms with Crippen molar-refractivity contribution in [1.82, 2.24) is 19.9 Å². The van der Waals surface area contributed by atoms with Crippen molar-refractivity contribution in [1.29, 1.82) is 0 Å². The summed E-state index contributed by atoms with van der Waals surface area (Å²) in [7, 11) is 1.68. The Morgan fingerprint density at radius 1 is 1.19 bits per heavy atom. The second-order valence-corrected chi connectivity index (χ2v) is 6.95. The molecular weight excluding hydrogens is 344 g/mol. The molecule has 0 bridgehead atoms. The highest BCUT2D eigenvalue weighted by Crippen LogP contribution is 2.15. The number of nitrogens with zero attached hydrogens (tertiary/aromatic N) is 4. The van der Waals surface area contributed by atoms with Crippen LogP contribution in [0.5, 0.6) is 5.75 Å². The first-order chi connectivity index (χ1) is 13.1. The molecule has 0 saturated carbocycles. The van der Waals surface area contributed by atoms with Crippen molar-refractivity contribution < 1.29 is 14.1 Å². The summed E-state index contributed by atoms with van der Waals surface area (Å²) >= 11 is 0. The van der Waals surface area contributed by atoms with Crippen LogP contribution >= 0.6 is 0 Å². The van der Waals surface area contributed by atoms with Gasteiger partial charge in [0.25, 0.3) is 0 Å². The fourth-order valence-electron chi connectivity index (χ4n) is 3.36. The Morgan fingerprint density at radius 2 is 2.00 bits per heavy atom. The van der Waals surface area contributed by atoms with Crippen LogP contribution in [-0.4, -0.2) is 59.1 Å². The topological polar surface area (TPSA) is 71.7 Å². The van der Waals surface area contributed by atoms with Crippen LogP contribution in [0.2, 0.25) is 0 Å². The zero-order chi connectivity index (χ0) is 19.1. The predicted octanol–water partition coefficient (Wildman–Crippen LogP) is 2.44. The summed E-state index contributed by atoms with van der Waals surface area (Å²) in [4.78, 5) is 21.1. The Bertz CT molecular complexity index is 729. The van der Waals surface area contributed by atoms with E-state index < -0.39 is 0 Å². The van der Waals surface area contributed by atoms with Gasteiger partial charge in [-0.3, -0.25) is 9.69 Å². The highest BCUT2D eigenvalue weighted by Gasteiger charge is 2.19. The summed E-state index contributed by atoms with van der Waals surface area (Å²) in [5.74, 6) is 2.35. The largest absolute Gasteiger partial charge is 0.497 e. The van der Waals surface area contributed by atoms with E-state index in [2.05, 4.69) is 27.2 Å². The number of rotatable bonds is 7. The summed E-state index contributed by atoms with van der Waals surface area (Å²) in [5, 5.41) is 3.78. The number of hydrogen-bond donors (Lipinski definition) is 0. The van der Waals surface area contributed by atoms with E-state index in [-0.39, 0.29) is 5.91 Å². The Hall–Kier alpha value is -2.41. The van der Waals surface area contributed by atoms with Gasteiger partial charge in [0.15, 0.2) is 5.82 Å². The molecule has 0 aliphatic carbocycles. The van der Waals surface area contributed by atoms with Gasteiger partial charge in [0.1, 0.15) is 5.75 Å². The molecule has 0 atom stereocenters. The first-order valence-electron chi connectivity index (χ1n) is 9.56. The van der Waals surface area contributed by atoms with Crippen LogP contribution in [-0.2, 0) is 17.8 Å². The van der Waals surface area contributed by atoms with Gasteiger partial charge in [-0.1, -0.05) is 17.3 Å². The first kappa shape index (κ1) is 19.4. The smallest absolute Gasteiger partial charge is 0.226 e. The van der Waals surface area contributed by atoms with E-state index in [4.69, 9.17) is 9.26 Å². The molecule has 1 aliphatic heterocycles. The summed E-state index contributed by atoms with van der Waals surface area (Å²) in [5.41, 5.74) is 1.27. The molecule has 2 heterocycles. The zero-order valence-electron chi connectivity index (χ0n) is 16.2. The first-order valence-corrected chi connectivity index (χ1v) is 9.56. The van der Waals surface area contributed by atoms with Crippen LogP contribution in [0.4, 0.5) is 0 Å². The minimum absolute atomic E-state index is 0.220.